The van der Waals surface area contributed by atoms with Gasteiger partial charge in [-0.15, -0.1) is 0 Å². The van der Waals surface area contributed by atoms with Gasteiger partial charge in [-0.2, -0.15) is 0 Å². The highest BCUT2D eigenvalue weighted by Crippen LogP contribution is 2.19. The molecule has 19 heavy (non-hydrogen) atoms. The lowest BCUT2D eigenvalue weighted by atomic mass is 10.3. The molecule has 1 N–H and O–H groups in total. The van der Waals surface area contributed by atoms with Crippen LogP contribution >= 0.6 is 0 Å². The second-order valence-electron chi connectivity index (χ2n) is 4.92. The molecule has 0 spiro atoms. The molecule has 0 atom stereocenters. The third kappa shape index (κ3) is 3.32. The number of ether oxygens (including phenoxy) is 1. The van der Waals surface area contributed by atoms with Crippen LogP contribution in [0.5, 0.6) is 5.75 Å². The van der Waals surface area contributed by atoms with Crippen molar-refractivity contribution in [1.82, 2.24) is 19.9 Å². The summed E-state index contributed by atoms with van der Waals surface area (Å²) in [6, 6.07) is 4.68. The monoisotopic (exact) mass is 258 g/mol. The first-order valence-corrected chi connectivity index (χ1v) is 6.57. The predicted molar refractivity (Wildman–Crippen MR) is 71.6 cm³/mol. The Balaban J connectivity index is 1.52. The lowest BCUT2D eigenvalue weighted by molar-refractivity contribution is 0.295. The number of pyridine rings is 1. The molecular formula is C14H18N4O. The van der Waals surface area contributed by atoms with Gasteiger partial charge in [0.1, 0.15) is 12.4 Å². The van der Waals surface area contributed by atoms with Crippen molar-refractivity contribution < 1.29 is 4.74 Å². The summed E-state index contributed by atoms with van der Waals surface area (Å²) in [4.78, 5) is 8.44. The number of imidazole rings is 1. The van der Waals surface area contributed by atoms with Gasteiger partial charge in [-0.05, 0) is 25.0 Å². The first-order chi connectivity index (χ1) is 9.31. The minimum atomic E-state index is 0.512. The Labute approximate surface area is 112 Å². The Bertz CT molecular complexity index is 531. The van der Waals surface area contributed by atoms with Gasteiger partial charge in [-0.1, -0.05) is 0 Å². The van der Waals surface area contributed by atoms with Gasteiger partial charge in [0.15, 0.2) is 0 Å². The van der Waals surface area contributed by atoms with E-state index in [2.05, 4.69) is 15.3 Å². The largest absolute Gasteiger partial charge is 0.486 e. The Morgan fingerprint density at radius 2 is 2.26 bits per heavy atom. The van der Waals surface area contributed by atoms with Crippen LogP contribution in [0.25, 0.3) is 0 Å². The number of nitrogens with zero attached hydrogens (tertiary/aromatic N) is 3. The maximum Gasteiger partial charge on any atom is 0.138 e. The van der Waals surface area contributed by atoms with Crippen LogP contribution in [0, 0.1) is 0 Å². The van der Waals surface area contributed by atoms with Gasteiger partial charge in [-0.25, -0.2) is 4.98 Å². The molecule has 0 saturated heterocycles. The molecule has 1 saturated carbocycles. The smallest absolute Gasteiger partial charge is 0.138 e. The summed E-state index contributed by atoms with van der Waals surface area (Å²) in [5.74, 6) is 0.788. The van der Waals surface area contributed by atoms with Gasteiger partial charge in [0.25, 0.3) is 0 Å². The molecule has 0 amide bonds. The van der Waals surface area contributed by atoms with Crippen LogP contribution in [0.3, 0.4) is 0 Å². The van der Waals surface area contributed by atoms with Crippen LogP contribution in [0.4, 0.5) is 0 Å². The Hall–Kier alpha value is -1.88. The van der Waals surface area contributed by atoms with Crippen molar-refractivity contribution in [2.75, 3.05) is 0 Å². The van der Waals surface area contributed by atoms with Crippen molar-refractivity contribution in [3.05, 3.63) is 42.2 Å². The van der Waals surface area contributed by atoms with E-state index >= 15 is 0 Å². The molecule has 0 aromatic carbocycles. The summed E-state index contributed by atoms with van der Waals surface area (Å²) in [5.41, 5.74) is 2.10. The zero-order valence-corrected chi connectivity index (χ0v) is 11.0. The average molecular weight is 258 g/mol. The predicted octanol–water partition coefficient (Wildman–Crippen LogP) is 1.65. The normalized spacial score (nSPS) is 14.6. The van der Waals surface area contributed by atoms with Crippen LogP contribution in [0.2, 0.25) is 0 Å². The third-order valence-corrected chi connectivity index (χ3v) is 3.25. The Morgan fingerprint density at radius 3 is 2.89 bits per heavy atom. The Kier molecular flexibility index (Phi) is 3.46. The first-order valence-electron chi connectivity index (χ1n) is 6.57. The summed E-state index contributed by atoms with van der Waals surface area (Å²) in [7, 11) is 1.95. The number of aromatic nitrogens is 3. The van der Waals surface area contributed by atoms with E-state index in [1.54, 1.807) is 18.7 Å². The molecule has 1 fully saturated rings. The molecule has 3 rings (SSSR count). The summed E-state index contributed by atoms with van der Waals surface area (Å²) in [5, 5.41) is 3.44. The van der Waals surface area contributed by atoms with Gasteiger partial charge in [0.2, 0.25) is 0 Å². The molecule has 0 unspecified atom stereocenters. The van der Waals surface area contributed by atoms with Crippen molar-refractivity contribution >= 4 is 0 Å². The van der Waals surface area contributed by atoms with E-state index in [0.717, 1.165) is 23.7 Å². The van der Waals surface area contributed by atoms with Gasteiger partial charge in [0.05, 0.1) is 30.1 Å². The van der Waals surface area contributed by atoms with Crippen molar-refractivity contribution in [1.29, 1.82) is 0 Å². The van der Waals surface area contributed by atoms with E-state index in [1.807, 2.05) is 23.7 Å². The fourth-order valence-corrected chi connectivity index (χ4v) is 1.82. The van der Waals surface area contributed by atoms with E-state index in [1.165, 1.54) is 12.8 Å². The molecule has 2 aromatic heterocycles. The lowest BCUT2D eigenvalue weighted by Gasteiger charge is -2.07. The molecule has 0 radical (unpaired) electrons. The molecule has 2 aromatic rings. The maximum absolute atomic E-state index is 5.68. The summed E-state index contributed by atoms with van der Waals surface area (Å²) in [6.07, 6.45) is 7.95. The molecular weight excluding hydrogens is 240 g/mol. The number of rotatable bonds is 6. The van der Waals surface area contributed by atoms with Crippen LogP contribution in [-0.2, 0) is 20.2 Å². The summed E-state index contributed by atoms with van der Waals surface area (Å²) in [6.45, 7) is 1.35. The van der Waals surface area contributed by atoms with E-state index < -0.39 is 0 Å². The topological polar surface area (TPSA) is 52.0 Å². The average Bonchev–Trinajstić information content (AvgIpc) is 3.18. The molecule has 100 valence electrons. The number of aryl methyl sites for hydroxylation is 1. The highest BCUT2D eigenvalue weighted by Gasteiger charge is 2.19. The van der Waals surface area contributed by atoms with Crippen LogP contribution < -0.4 is 10.1 Å². The zero-order chi connectivity index (χ0) is 13.1. The molecule has 0 aliphatic heterocycles. The van der Waals surface area contributed by atoms with Crippen LogP contribution in [0.1, 0.15) is 24.2 Å². The second-order valence-corrected chi connectivity index (χ2v) is 4.92. The van der Waals surface area contributed by atoms with Crippen molar-refractivity contribution in [3.8, 4) is 5.75 Å². The first kappa shape index (κ1) is 12.2. The van der Waals surface area contributed by atoms with Gasteiger partial charge in [0, 0.05) is 19.6 Å². The fraction of sp³-hybridized carbons (Fsp3) is 0.429. The number of nitrogens with one attached hydrogen (secondary N) is 1. The molecule has 0 bridgehead atoms. The molecule has 1 aliphatic carbocycles. The minimum absolute atomic E-state index is 0.512. The molecule has 2 heterocycles. The standard InChI is InChI=1S/C14H18N4O/c1-18-10-15-7-13(18)9-19-14-5-4-12(17-8-14)6-16-11-2-3-11/h4-5,7-8,10-11,16H,2-3,6,9H2,1H3. The van der Waals surface area contributed by atoms with Crippen LogP contribution in [-0.4, -0.2) is 20.6 Å². The van der Waals surface area contributed by atoms with Crippen molar-refractivity contribution in [3.63, 3.8) is 0 Å². The molecule has 1 aliphatic rings. The summed E-state index contributed by atoms with van der Waals surface area (Å²) >= 11 is 0. The lowest BCUT2D eigenvalue weighted by Crippen LogP contribution is -2.16. The Morgan fingerprint density at radius 1 is 1.37 bits per heavy atom. The SMILES string of the molecule is Cn1cncc1COc1ccc(CNC2CC2)nc1. The highest BCUT2D eigenvalue weighted by molar-refractivity contribution is 5.20. The van der Waals surface area contributed by atoms with Gasteiger partial charge >= 0.3 is 0 Å². The van der Waals surface area contributed by atoms with E-state index in [9.17, 15) is 0 Å². The van der Waals surface area contributed by atoms with Gasteiger partial charge < -0.3 is 14.6 Å². The molecule has 5 heteroatoms. The van der Waals surface area contributed by atoms with E-state index in [-0.39, 0.29) is 0 Å². The van der Waals surface area contributed by atoms with E-state index in [4.69, 9.17) is 4.74 Å². The van der Waals surface area contributed by atoms with Crippen LogP contribution in [0.15, 0.2) is 30.9 Å². The van der Waals surface area contributed by atoms with Crippen molar-refractivity contribution in [2.45, 2.75) is 32.0 Å². The van der Waals surface area contributed by atoms with E-state index in [0.29, 0.717) is 12.6 Å². The zero-order valence-electron chi connectivity index (χ0n) is 11.0. The highest BCUT2D eigenvalue weighted by atomic mass is 16.5. The van der Waals surface area contributed by atoms with Gasteiger partial charge in [-0.3, -0.25) is 4.98 Å². The fourth-order valence-electron chi connectivity index (χ4n) is 1.82. The number of hydrogen-bond acceptors (Lipinski definition) is 4. The van der Waals surface area contributed by atoms with Crippen molar-refractivity contribution in [2.24, 2.45) is 7.05 Å². The summed E-state index contributed by atoms with van der Waals surface area (Å²) < 4.78 is 7.63. The molecule has 5 nitrogen and oxygen atoms in total. The number of hydrogen-bond donors (Lipinski definition) is 1. The minimum Gasteiger partial charge on any atom is -0.486 e. The second kappa shape index (κ2) is 5.40. The quantitative estimate of drug-likeness (QED) is 0.856. The third-order valence-electron chi connectivity index (χ3n) is 3.25. The maximum atomic E-state index is 5.68.